The minimum absolute atomic E-state index is 0.431. The number of aryl methyl sites for hydroxylation is 2. The summed E-state index contributed by atoms with van der Waals surface area (Å²) in [6.45, 7) is 6.97. The molecule has 1 aromatic heterocycles. The van der Waals surface area contributed by atoms with Crippen molar-refractivity contribution in [1.29, 1.82) is 0 Å². The molecular weight excluding hydrogens is 528 g/mol. The van der Waals surface area contributed by atoms with Crippen LogP contribution in [0.1, 0.15) is 24.0 Å². The highest BCUT2D eigenvalue weighted by atomic mass is 35.5. The molecule has 10 heteroatoms. The lowest BCUT2D eigenvalue weighted by atomic mass is 10.0. The SMILES string of the molecule is COc1cc(N2CCOCC2)ccc1Nc1nc(Nc2ccc3c(c2)CCC(N2CCOCC2)CC3)ncc1Cl. The molecule has 2 aromatic carbocycles. The third kappa shape index (κ3) is 6.28. The van der Waals surface area contributed by atoms with Gasteiger partial charge in [-0.2, -0.15) is 4.98 Å². The molecule has 212 valence electrons. The third-order valence-corrected chi connectivity index (χ3v) is 8.35. The Kier molecular flexibility index (Phi) is 8.53. The van der Waals surface area contributed by atoms with E-state index in [0.29, 0.717) is 28.6 Å². The Hall–Kier alpha value is -3.11. The molecule has 2 aliphatic heterocycles. The van der Waals surface area contributed by atoms with Crippen molar-refractivity contribution >= 4 is 40.4 Å². The number of aromatic nitrogens is 2. The van der Waals surface area contributed by atoms with E-state index in [1.165, 1.54) is 24.0 Å². The van der Waals surface area contributed by atoms with E-state index in [-0.39, 0.29) is 0 Å². The van der Waals surface area contributed by atoms with Crippen molar-refractivity contribution < 1.29 is 14.2 Å². The zero-order valence-electron chi connectivity index (χ0n) is 23.0. The Morgan fingerprint density at radius 2 is 1.65 bits per heavy atom. The van der Waals surface area contributed by atoms with Crippen molar-refractivity contribution in [2.45, 2.75) is 31.7 Å². The van der Waals surface area contributed by atoms with E-state index < -0.39 is 0 Å². The zero-order valence-corrected chi connectivity index (χ0v) is 23.8. The average molecular weight is 565 g/mol. The molecule has 1 aliphatic carbocycles. The zero-order chi connectivity index (χ0) is 27.3. The fourth-order valence-electron chi connectivity index (χ4n) is 5.85. The summed E-state index contributed by atoms with van der Waals surface area (Å²) in [5, 5.41) is 7.15. The number of anilines is 5. The fraction of sp³-hybridized carbons (Fsp3) is 0.467. The molecule has 3 aliphatic rings. The number of benzene rings is 2. The molecule has 0 amide bonds. The summed E-state index contributed by atoms with van der Waals surface area (Å²) < 4.78 is 16.7. The molecule has 40 heavy (non-hydrogen) atoms. The van der Waals surface area contributed by atoms with Gasteiger partial charge in [0.15, 0.2) is 5.82 Å². The van der Waals surface area contributed by atoms with Crippen molar-refractivity contribution in [3.63, 3.8) is 0 Å². The summed E-state index contributed by atoms with van der Waals surface area (Å²) in [5.41, 5.74) is 5.70. The van der Waals surface area contributed by atoms with Gasteiger partial charge in [-0.1, -0.05) is 17.7 Å². The van der Waals surface area contributed by atoms with Crippen LogP contribution in [0.15, 0.2) is 42.6 Å². The van der Waals surface area contributed by atoms with E-state index in [1.807, 2.05) is 12.1 Å². The standard InChI is InChI=1S/C30H37ClN6O3/c1-38-28-19-25(37-12-16-40-17-13-37)8-9-27(28)34-29-26(31)20-32-30(35-29)33-23-5-2-21-3-6-24(7-4-22(21)18-23)36-10-14-39-15-11-36/h2,5,8-9,18-20,24H,3-4,6-7,10-17H2,1H3,(H2,32,33,34,35). The van der Waals surface area contributed by atoms with Gasteiger partial charge in [0.05, 0.1) is 45.4 Å². The Balaban J connectivity index is 1.14. The summed E-state index contributed by atoms with van der Waals surface area (Å²) in [7, 11) is 1.67. The van der Waals surface area contributed by atoms with Crippen molar-refractivity contribution in [3.8, 4) is 5.75 Å². The Labute approximate surface area is 240 Å². The van der Waals surface area contributed by atoms with Gasteiger partial charge in [0, 0.05) is 49.7 Å². The Morgan fingerprint density at radius 1 is 0.900 bits per heavy atom. The molecule has 0 saturated carbocycles. The third-order valence-electron chi connectivity index (χ3n) is 8.08. The number of halogens is 1. The lowest BCUT2D eigenvalue weighted by Gasteiger charge is -2.33. The molecule has 1 atom stereocenters. The predicted molar refractivity (Wildman–Crippen MR) is 159 cm³/mol. The molecule has 1 unspecified atom stereocenters. The van der Waals surface area contributed by atoms with Gasteiger partial charge in [0.2, 0.25) is 5.95 Å². The molecule has 2 saturated heterocycles. The molecule has 0 radical (unpaired) electrons. The maximum absolute atomic E-state index is 6.50. The molecule has 0 spiro atoms. The van der Waals surface area contributed by atoms with Gasteiger partial charge >= 0.3 is 0 Å². The molecule has 9 nitrogen and oxygen atoms in total. The van der Waals surface area contributed by atoms with E-state index in [0.717, 1.165) is 82.5 Å². The van der Waals surface area contributed by atoms with Crippen LogP contribution in [0.25, 0.3) is 0 Å². The number of ether oxygens (including phenoxy) is 3. The van der Waals surface area contributed by atoms with Gasteiger partial charge < -0.3 is 29.7 Å². The number of hydrogen-bond donors (Lipinski definition) is 2. The topological polar surface area (TPSA) is 84.0 Å². The van der Waals surface area contributed by atoms with E-state index in [9.17, 15) is 0 Å². The maximum Gasteiger partial charge on any atom is 0.229 e. The van der Waals surface area contributed by atoms with E-state index in [2.05, 4.69) is 54.7 Å². The normalized spacial score (nSPS) is 19.9. The predicted octanol–water partition coefficient (Wildman–Crippen LogP) is 5.04. The number of hydrogen-bond acceptors (Lipinski definition) is 9. The monoisotopic (exact) mass is 564 g/mol. The van der Waals surface area contributed by atoms with Gasteiger partial charge in [0.1, 0.15) is 10.8 Å². The molecule has 2 N–H and O–H groups in total. The Morgan fingerprint density at radius 3 is 2.42 bits per heavy atom. The first kappa shape index (κ1) is 27.1. The molecular formula is C30H37ClN6O3. The molecule has 6 rings (SSSR count). The van der Waals surface area contributed by atoms with Crippen LogP contribution in [0.3, 0.4) is 0 Å². The number of rotatable bonds is 7. The first-order chi connectivity index (χ1) is 19.7. The first-order valence-corrected chi connectivity index (χ1v) is 14.5. The second-order valence-electron chi connectivity index (χ2n) is 10.5. The van der Waals surface area contributed by atoms with Crippen LogP contribution in [0.2, 0.25) is 5.02 Å². The molecule has 3 heterocycles. The van der Waals surface area contributed by atoms with Gasteiger partial charge in [-0.3, -0.25) is 4.90 Å². The number of methoxy groups -OCH3 is 1. The van der Waals surface area contributed by atoms with Crippen LogP contribution in [-0.2, 0) is 22.3 Å². The summed E-state index contributed by atoms with van der Waals surface area (Å²) in [5.74, 6) is 1.71. The second kappa shape index (κ2) is 12.6. The van der Waals surface area contributed by atoms with Crippen LogP contribution >= 0.6 is 11.6 Å². The van der Waals surface area contributed by atoms with Gasteiger partial charge in [-0.25, -0.2) is 4.98 Å². The number of nitrogens with one attached hydrogen (secondary N) is 2. The fourth-order valence-corrected chi connectivity index (χ4v) is 5.99. The molecule has 3 aromatic rings. The maximum atomic E-state index is 6.50. The number of nitrogens with zero attached hydrogens (tertiary/aromatic N) is 4. The van der Waals surface area contributed by atoms with E-state index in [4.69, 9.17) is 25.8 Å². The summed E-state index contributed by atoms with van der Waals surface area (Å²) in [6, 6.07) is 13.3. The van der Waals surface area contributed by atoms with Gasteiger partial charge in [0.25, 0.3) is 0 Å². The van der Waals surface area contributed by atoms with Crippen molar-refractivity contribution in [2.75, 3.05) is 75.2 Å². The van der Waals surface area contributed by atoms with Gasteiger partial charge in [-0.15, -0.1) is 0 Å². The van der Waals surface area contributed by atoms with Crippen molar-refractivity contribution in [3.05, 3.63) is 58.7 Å². The van der Waals surface area contributed by atoms with Crippen LogP contribution < -0.4 is 20.3 Å². The summed E-state index contributed by atoms with van der Waals surface area (Å²) >= 11 is 6.50. The van der Waals surface area contributed by atoms with Crippen LogP contribution in [0, 0.1) is 0 Å². The minimum Gasteiger partial charge on any atom is -0.494 e. The molecule has 0 bridgehead atoms. The second-order valence-corrected chi connectivity index (χ2v) is 10.9. The Bertz CT molecular complexity index is 1310. The van der Waals surface area contributed by atoms with Crippen LogP contribution in [-0.4, -0.2) is 80.6 Å². The smallest absolute Gasteiger partial charge is 0.229 e. The average Bonchev–Trinajstić information content (AvgIpc) is 3.22. The van der Waals surface area contributed by atoms with Crippen LogP contribution in [0.4, 0.5) is 28.8 Å². The number of morpholine rings is 2. The van der Waals surface area contributed by atoms with Crippen molar-refractivity contribution in [1.82, 2.24) is 14.9 Å². The van der Waals surface area contributed by atoms with E-state index >= 15 is 0 Å². The number of fused-ring (bicyclic) bond motifs is 1. The van der Waals surface area contributed by atoms with Crippen LogP contribution in [0.5, 0.6) is 5.75 Å². The highest BCUT2D eigenvalue weighted by molar-refractivity contribution is 6.33. The highest BCUT2D eigenvalue weighted by Crippen LogP contribution is 2.34. The van der Waals surface area contributed by atoms with E-state index in [1.54, 1.807) is 13.3 Å². The quantitative estimate of drug-likeness (QED) is 0.383. The largest absolute Gasteiger partial charge is 0.494 e. The minimum atomic E-state index is 0.431. The molecule has 2 fully saturated rings. The van der Waals surface area contributed by atoms with Gasteiger partial charge in [-0.05, 0) is 61.1 Å². The van der Waals surface area contributed by atoms with Crippen molar-refractivity contribution in [2.24, 2.45) is 0 Å². The lowest BCUT2D eigenvalue weighted by Crippen LogP contribution is -2.43. The summed E-state index contributed by atoms with van der Waals surface area (Å²) in [4.78, 5) is 14.0. The lowest BCUT2D eigenvalue weighted by molar-refractivity contribution is 0.0136. The first-order valence-electron chi connectivity index (χ1n) is 14.2. The summed E-state index contributed by atoms with van der Waals surface area (Å²) in [6.07, 6.45) is 6.17. The highest BCUT2D eigenvalue weighted by Gasteiger charge is 2.24.